The van der Waals surface area contributed by atoms with Gasteiger partial charge in [0.05, 0.1) is 35.8 Å². The monoisotopic (exact) mass is 395 g/mol. The van der Waals surface area contributed by atoms with Gasteiger partial charge < -0.3 is 0 Å². The van der Waals surface area contributed by atoms with E-state index in [-0.39, 0.29) is 5.82 Å². The maximum absolute atomic E-state index is 14.6. The molecule has 0 bridgehead atoms. The van der Waals surface area contributed by atoms with Gasteiger partial charge in [0.25, 0.3) is 0 Å². The first-order chi connectivity index (χ1) is 14.7. The molecular formula is C22H14FN7. The number of benzene rings is 2. The highest BCUT2D eigenvalue weighted by Crippen LogP contribution is 2.31. The average Bonchev–Trinajstić information content (AvgIpc) is 3.44. The van der Waals surface area contributed by atoms with Gasteiger partial charge in [-0.2, -0.15) is 10.4 Å². The lowest BCUT2D eigenvalue weighted by molar-refractivity contribution is 0.631. The van der Waals surface area contributed by atoms with Crippen LogP contribution in [0, 0.1) is 17.1 Å². The van der Waals surface area contributed by atoms with E-state index in [9.17, 15) is 9.65 Å². The van der Waals surface area contributed by atoms with Crippen LogP contribution >= 0.6 is 0 Å². The predicted octanol–water partition coefficient (Wildman–Crippen LogP) is 3.71. The van der Waals surface area contributed by atoms with E-state index in [4.69, 9.17) is 0 Å². The summed E-state index contributed by atoms with van der Waals surface area (Å²) in [5, 5.41) is 13.5. The molecule has 144 valence electrons. The quantitative estimate of drug-likeness (QED) is 0.463. The second-order valence-corrected chi connectivity index (χ2v) is 6.68. The van der Waals surface area contributed by atoms with E-state index in [1.165, 1.54) is 12.4 Å². The number of nitrogens with zero attached hydrogens (tertiary/aromatic N) is 7. The SMILES string of the molecule is N#Cc1ccccc1-c1cc(-c2cnc3nc(Cn4cncn4)ccn23)ccc1F. The molecule has 0 atom stereocenters. The van der Waals surface area contributed by atoms with Gasteiger partial charge in [-0.25, -0.2) is 24.0 Å². The van der Waals surface area contributed by atoms with Gasteiger partial charge in [-0.3, -0.25) is 4.40 Å². The number of hydrogen-bond acceptors (Lipinski definition) is 5. The van der Waals surface area contributed by atoms with Crippen LogP contribution in [0.5, 0.6) is 0 Å². The van der Waals surface area contributed by atoms with Crippen LogP contribution in [0.15, 0.2) is 73.6 Å². The Bertz CT molecular complexity index is 1400. The number of imidazole rings is 1. The Kier molecular flexibility index (Phi) is 4.26. The minimum atomic E-state index is -0.386. The zero-order valence-corrected chi connectivity index (χ0v) is 15.6. The van der Waals surface area contributed by atoms with Gasteiger partial charge in [0.1, 0.15) is 18.5 Å². The van der Waals surface area contributed by atoms with Crippen molar-refractivity contribution in [2.45, 2.75) is 6.54 Å². The zero-order valence-electron chi connectivity index (χ0n) is 15.6. The molecule has 5 rings (SSSR count). The standard InChI is InChI=1S/C22H14FN7/c23-20-6-5-15(9-19(20)18-4-2-1-3-16(18)10-24)21-11-26-22-28-17(7-8-30(21)22)12-29-14-25-13-27-29/h1-9,11,13-14H,12H2. The largest absolute Gasteiger partial charge is 0.284 e. The molecule has 0 N–H and O–H groups in total. The highest BCUT2D eigenvalue weighted by atomic mass is 19.1. The molecular weight excluding hydrogens is 381 g/mol. The van der Waals surface area contributed by atoms with Gasteiger partial charge in [-0.05, 0) is 30.3 Å². The first-order valence-corrected chi connectivity index (χ1v) is 9.18. The van der Waals surface area contributed by atoms with Crippen LogP contribution in [0.1, 0.15) is 11.3 Å². The van der Waals surface area contributed by atoms with Crippen LogP contribution in [-0.4, -0.2) is 29.1 Å². The maximum atomic E-state index is 14.6. The van der Waals surface area contributed by atoms with E-state index < -0.39 is 0 Å². The molecule has 3 heterocycles. The molecule has 0 saturated heterocycles. The molecule has 8 heteroatoms. The number of aromatic nitrogens is 6. The van der Waals surface area contributed by atoms with E-state index >= 15 is 0 Å². The molecule has 0 fully saturated rings. The van der Waals surface area contributed by atoms with Crippen molar-refractivity contribution in [1.29, 1.82) is 5.26 Å². The fourth-order valence-electron chi connectivity index (χ4n) is 3.40. The summed E-state index contributed by atoms with van der Waals surface area (Å²) in [7, 11) is 0. The summed E-state index contributed by atoms with van der Waals surface area (Å²) in [4.78, 5) is 12.9. The van der Waals surface area contributed by atoms with Gasteiger partial charge >= 0.3 is 0 Å². The van der Waals surface area contributed by atoms with E-state index in [0.29, 0.717) is 29.0 Å². The first-order valence-electron chi connectivity index (χ1n) is 9.18. The third kappa shape index (κ3) is 3.08. The number of hydrogen-bond donors (Lipinski definition) is 0. The molecule has 0 unspecified atom stereocenters. The molecule has 0 spiro atoms. The predicted molar refractivity (Wildman–Crippen MR) is 108 cm³/mol. The lowest BCUT2D eigenvalue weighted by Crippen LogP contribution is -2.04. The van der Waals surface area contributed by atoms with Crippen molar-refractivity contribution < 1.29 is 4.39 Å². The third-order valence-corrected chi connectivity index (χ3v) is 4.83. The number of halogens is 1. The minimum absolute atomic E-state index is 0.371. The van der Waals surface area contributed by atoms with Crippen molar-refractivity contribution in [2.24, 2.45) is 0 Å². The molecule has 0 amide bonds. The van der Waals surface area contributed by atoms with E-state index in [2.05, 4.69) is 26.1 Å². The number of fused-ring (bicyclic) bond motifs is 1. The molecule has 3 aromatic heterocycles. The highest BCUT2D eigenvalue weighted by molar-refractivity contribution is 5.76. The molecule has 0 aliphatic rings. The molecule has 0 radical (unpaired) electrons. The third-order valence-electron chi connectivity index (χ3n) is 4.83. The minimum Gasteiger partial charge on any atom is -0.284 e. The van der Waals surface area contributed by atoms with E-state index in [1.807, 2.05) is 16.7 Å². The zero-order chi connectivity index (χ0) is 20.5. The van der Waals surface area contributed by atoms with Gasteiger partial charge in [0.15, 0.2) is 0 Å². The molecule has 2 aromatic carbocycles. The van der Waals surface area contributed by atoms with Crippen molar-refractivity contribution in [1.82, 2.24) is 29.1 Å². The summed E-state index contributed by atoms with van der Waals surface area (Å²) in [5.41, 5.74) is 3.70. The summed E-state index contributed by atoms with van der Waals surface area (Å²) in [6.07, 6.45) is 6.68. The van der Waals surface area contributed by atoms with Crippen LogP contribution in [0.25, 0.3) is 28.2 Å². The molecule has 7 nitrogen and oxygen atoms in total. The number of nitriles is 1. The van der Waals surface area contributed by atoms with Crippen LogP contribution in [0.4, 0.5) is 4.39 Å². The van der Waals surface area contributed by atoms with E-state index in [0.717, 1.165) is 17.0 Å². The number of rotatable bonds is 4. The van der Waals surface area contributed by atoms with Crippen molar-refractivity contribution >= 4 is 5.78 Å². The Morgan fingerprint density at radius 3 is 2.80 bits per heavy atom. The summed E-state index contributed by atoms with van der Waals surface area (Å²) in [5.74, 6) is 0.148. The summed E-state index contributed by atoms with van der Waals surface area (Å²) in [6.45, 7) is 0.490. The van der Waals surface area contributed by atoms with Crippen LogP contribution in [0.2, 0.25) is 0 Å². The van der Waals surface area contributed by atoms with Crippen molar-refractivity contribution in [3.8, 4) is 28.5 Å². The van der Waals surface area contributed by atoms with E-state index in [1.54, 1.807) is 53.6 Å². The lowest BCUT2D eigenvalue weighted by Gasteiger charge is -2.09. The fraction of sp³-hybridized carbons (Fsp3) is 0.0455. The van der Waals surface area contributed by atoms with Gasteiger partial charge in [0, 0.05) is 22.9 Å². The first kappa shape index (κ1) is 17.7. The molecule has 30 heavy (non-hydrogen) atoms. The summed E-state index contributed by atoms with van der Waals surface area (Å²) in [6, 6.07) is 15.8. The smallest absolute Gasteiger partial charge is 0.234 e. The fourth-order valence-corrected chi connectivity index (χ4v) is 3.40. The van der Waals surface area contributed by atoms with Crippen molar-refractivity contribution in [3.05, 3.63) is 90.7 Å². The van der Waals surface area contributed by atoms with Crippen molar-refractivity contribution in [2.75, 3.05) is 0 Å². The van der Waals surface area contributed by atoms with Crippen LogP contribution < -0.4 is 0 Å². The van der Waals surface area contributed by atoms with Gasteiger partial charge in [0.2, 0.25) is 5.78 Å². The highest BCUT2D eigenvalue weighted by Gasteiger charge is 2.14. The Balaban J connectivity index is 1.57. The summed E-state index contributed by atoms with van der Waals surface area (Å²) >= 11 is 0. The normalized spacial score (nSPS) is 10.9. The average molecular weight is 395 g/mol. The Hall–Kier alpha value is -4.38. The lowest BCUT2D eigenvalue weighted by atomic mass is 9.97. The van der Waals surface area contributed by atoms with Gasteiger partial charge in [-0.1, -0.05) is 18.2 Å². The Morgan fingerprint density at radius 2 is 1.97 bits per heavy atom. The second-order valence-electron chi connectivity index (χ2n) is 6.68. The molecule has 0 saturated carbocycles. The molecule has 0 aliphatic heterocycles. The maximum Gasteiger partial charge on any atom is 0.234 e. The Morgan fingerprint density at radius 1 is 1.07 bits per heavy atom. The van der Waals surface area contributed by atoms with Crippen LogP contribution in [-0.2, 0) is 6.54 Å². The molecule has 5 aromatic rings. The van der Waals surface area contributed by atoms with Crippen LogP contribution in [0.3, 0.4) is 0 Å². The molecule has 0 aliphatic carbocycles. The van der Waals surface area contributed by atoms with Crippen molar-refractivity contribution in [3.63, 3.8) is 0 Å². The van der Waals surface area contributed by atoms with Gasteiger partial charge in [-0.15, -0.1) is 0 Å². The summed E-state index contributed by atoms with van der Waals surface area (Å²) < 4.78 is 18.1. The Labute approximate surface area is 170 Å². The second kappa shape index (κ2) is 7.22. The topological polar surface area (TPSA) is 84.7 Å².